The molecular weight excluding hydrogens is 270 g/mol. The Morgan fingerprint density at radius 2 is 1.67 bits per heavy atom. The van der Waals surface area contributed by atoms with Crippen LogP contribution in [-0.2, 0) is 10.0 Å². The first-order chi connectivity index (χ1) is 8.17. The van der Waals surface area contributed by atoms with Crippen molar-refractivity contribution in [1.82, 2.24) is 4.72 Å². The van der Waals surface area contributed by atoms with Crippen LogP contribution in [-0.4, -0.2) is 19.2 Å². The smallest absolute Gasteiger partial charge is 0.211 e. The zero-order chi connectivity index (χ0) is 13.2. The molecule has 18 heavy (non-hydrogen) atoms. The first kappa shape index (κ1) is 13.2. The van der Waals surface area contributed by atoms with E-state index in [1.54, 1.807) is 0 Å². The summed E-state index contributed by atoms with van der Waals surface area (Å²) in [6, 6.07) is 0. The zero-order valence-electron chi connectivity index (χ0n) is 11.1. The number of hydrogen-bond donors (Lipinski definition) is 1. The fraction of sp³-hybridized carbons (Fsp3) is 1.00. The van der Waals surface area contributed by atoms with Gasteiger partial charge in [-0.2, -0.15) is 0 Å². The molecule has 4 fully saturated rings. The van der Waals surface area contributed by atoms with Gasteiger partial charge >= 0.3 is 0 Å². The van der Waals surface area contributed by atoms with Gasteiger partial charge in [0.05, 0.1) is 0 Å². The van der Waals surface area contributed by atoms with Crippen molar-refractivity contribution < 1.29 is 8.42 Å². The summed E-state index contributed by atoms with van der Waals surface area (Å²) in [4.78, 5) is 0. The molecule has 5 heteroatoms. The maximum absolute atomic E-state index is 11.8. The van der Waals surface area contributed by atoms with E-state index in [-0.39, 0.29) is 10.8 Å². The largest absolute Gasteiger partial charge is 0.226 e. The average Bonchev–Trinajstić information content (AvgIpc) is 2.09. The third-order valence-corrected chi connectivity index (χ3v) is 7.04. The molecule has 4 aliphatic carbocycles. The van der Waals surface area contributed by atoms with Crippen molar-refractivity contribution >= 4 is 21.6 Å². The summed E-state index contributed by atoms with van der Waals surface area (Å²) in [5.74, 6) is 0.689. The monoisotopic (exact) mass is 291 g/mol. The molecule has 0 spiro atoms. The number of nitrogens with one attached hydrogen (secondary N) is 1. The number of alkyl halides is 1. The highest BCUT2D eigenvalue weighted by molar-refractivity contribution is 7.90. The Labute approximate surface area is 115 Å². The molecule has 2 atom stereocenters. The van der Waals surface area contributed by atoms with Crippen LogP contribution in [0, 0.1) is 16.7 Å². The van der Waals surface area contributed by atoms with E-state index in [1.165, 1.54) is 19.3 Å². The van der Waals surface area contributed by atoms with Gasteiger partial charge in [-0.25, -0.2) is 13.1 Å². The average molecular weight is 292 g/mol. The molecule has 0 radical (unpaired) electrons. The summed E-state index contributed by atoms with van der Waals surface area (Å²) in [7, 11) is -3.32. The number of rotatable bonds is 3. The van der Waals surface area contributed by atoms with Gasteiger partial charge in [-0.3, -0.25) is 0 Å². The molecular formula is C13H22ClNO2S. The van der Waals surface area contributed by atoms with Crippen molar-refractivity contribution in [3.63, 3.8) is 0 Å². The molecule has 1 N–H and O–H groups in total. The minimum absolute atomic E-state index is 0.212. The fourth-order valence-corrected chi connectivity index (χ4v) is 7.02. The molecule has 104 valence electrons. The molecule has 3 nitrogen and oxygen atoms in total. The van der Waals surface area contributed by atoms with Crippen molar-refractivity contribution in [2.75, 3.05) is 5.21 Å². The summed E-state index contributed by atoms with van der Waals surface area (Å²) >= 11 is 5.55. The van der Waals surface area contributed by atoms with Gasteiger partial charge in [0.2, 0.25) is 10.0 Å². The van der Waals surface area contributed by atoms with E-state index >= 15 is 0 Å². The second-order valence-corrected chi connectivity index (χ2v) is 10.0. The summed E-state index contributed by atoms with van der Waals surface area (Å²) in [6.45, 7) is 4.67. The van der Waals surface area contributed by atoms with E-state index in [4.69, 9.17) is 11.6 Å². The standard InChI is InChI=1S/C13H22ClNO2S/c1-11-3-10-4-12(2,6-11)8-13(5-10,7-11)15-18(16,17)9-14/h10,15H,3-9H2,1-2H3. The SMILES string of the molecule is CC12CC3CC(C)(C1)CC(NS(=O)(=O)CCl)(C3)C2. The van der Waals surface area contributed by atoms with Crippen LogP contribution in [0.3, 0.4) is 0 Å². The molecule has 0 aliphatic heterocycles. The molecule has 4 bridgehead atoms. The van der Waals surface area contributed by atoms with Crippen LogP contribution in [0.2, 0.25) is 0 Å². The first-order valence-corrected chi connectivity index (χ1v) is 8.94. The third kappa shape index (κ3) is 2.10. The quantitative estimate of drug-likeness (QED) is 0.813. The van der Waals surface area contributed by atoms with Crippen LogP contribution in [0.25, 0.3) is 0 Å². The normalized spacial score (nSPS) is 50.7. The number of halogens is 1. The van der Waals surface area contributed by atoms with E-state index in [9.17, 15) is 8.42 Å². The van der Waals surface area contributed by atoms with Crippen molar-refractivity contribution in [1.29, 1.82) is 0 Å². The lowest BCUT2D eigenvalue weighted by Gasteiger charge is -2.65. The molecule has 0 amide bonds. The van der Waals surface area contributed by atoms with Gasteiger partial charge in [-0.05, 0) is 55.3 Å². The highest BCUT2D eigenvalue weighted by Crippen LogP contribution is 2.66. The second-order valence-electron chi connectivity index (χ2n) is 7.74. The van der Waals surface area contributed by atoms with Gasteiger partial charge in [-0.1, -0.05) is 13.8 Å². The number of sulfonamides is 1. The van der Waals surface area contributed by atoms with Crippen molar-refractivity contribution in [3.8, 4) is 0 Å². The Morgan fingerprint density at radius 3 is 2.11 bits per heavy atom. The third-order valence-electron chi connectivity index (χ3n) is 5.14. The van der Waals surface area contributed by atoms with E-state index in [1.807, 2.05) is 0 Å². The maximum atomic E-state index is 11.8. The molecule has 4 saturated carbocycles. The Hall–Kier alpha value is 0.200. The molecule has 2 unspecified atom stereocenters. The predicted molar refractivity (Wildman–Crippen MR) is 72.9 cm³/mol. The van der Waals surface area contributed by atoms with E-state index < -0.39 is 10.0 Å². The van der Waals surface area contributed by atoms with Crippen LogP contribution < -0.4 is 4.72 Å². The summed E-state index contributed by atoms with van der Waals surface area (Å²) in [6.07, 6.45) is 6.78. The van der Waals surface area contributed by atoms with Gasteiger partial charge in [0.1, 0.15) is 5.21 Å². The Kier molecular flexibility index (Phi) is 2.67. The topological polar surface area (TPSA) is 46.2 Å². The molecule has 0 saturated heterocycles. The Morgan fingerprint density at radius 1 is 1.11 bits per heavy atom. The molecule has 0 aromatic carbocycles. The Balaban J connectivity index is 1.94. The Bertz CT molecular complexity index is 457. The van der Waals surface area contributed by atoms with Gasteiger partial charge < -0.3 is 0 Å². The van der Waals surface area contributed by atoms with E-state index in [0.717, 1.165) is 19.3 Å². The molecule has 4 aliphatic rings. The molecule has 0 heterocycles. The second kappa shape index (κ2) is 3.64. The molecule has 0 aromatic heterocycles. The molecule has 4 rings (SSSR count). The lowest BCUT2D eigenvalue weighted by molar-refractivity contribution is -0.110. The van der Waals surface area contributed by atoms with Crippen LogP contribution in [0.1, 0.15) is 52.4 Å². The van der Waals surface area contributed by atoms with Crippen LogP contribution in [0.4, 0.5) is 0 Å². The lowest BCUT2D eigenvalue weighted by atomic mass is 9.43. The van der Waals surface area contributed by atoms with Crippen molar-refractivity contribution in [2.24, 2.45) is 16.7 Å². The molecule has 0 aromatic rings. The van der Waals surface area contributed by atoms with E-state index in [2.05, 4.69) is 18.6 Å². The van der Waals surface area contributed by atoms with Gasteiger partial charge in [0, 0.05) is 5.54 Å². The summed E-state index contributed by atoms with van der Waals surface area (Å²) in [5, 5.41) is -0.327. The fourth-order valence-electron chi connectivity index (χ4n) is 5.92. The van der Waals surface area contributed by atoms with Crippen LogP contribution >= 0.6 is 11.6 Å². The predicted octanol–water partition coefficient (Wildman–Crippen LogP) is 2.85. The highest BCUT2D eigenvalue weighted by Gasteiger charge is 2.60. The summed E-state index contributed by atoms with van der Waals surface area (Å²) < 4.78 is 26.6. The number of hydrogen-bond acceptors (Lipinski definition) is 2. The van der Waals surface area contributed by atoms with Gasteiger partial charge in [-0.15, -0.1) is 11.6 Å². The van der Waals surface area contributed by atoms with Gasteiger partial charge in [0.25, 0.3) is 0 Å². The first-order valence-electron chi connectivity index (χ1n) is 6.75. The minimum atomic E-state index is -3.32. The zero-order valence-corrected chi connectivity index (χ0v) is 12.7. The summed E-state index contributed by atoms with van der Waals surface area (Å²) in [5.41, 5.74) is 0.433. The minimum Gasteiger partial charge on any atom is -0.211 e. The lowest BCUT2D eigenvalue weighted by Crippen LogP contribution is -2.65. The van der Waals surface area contributed by atoms with Crippen molar-refractivity contribution in [3.05, 3.63) is 0 Å². The van der Waals surface area contributed by atoms with Crippen molar-refractivity contribution in [2.45, 2.75) is 57.9 Å². The van der Waals surface area contributed by atoms with E-state index in [0.29, 0.717) is 16.7 Å². The van der Waals surface area contributed by atoms with Gasteiger partial charge in [0.15, 0.2) is 0 Å². The van der Waals surface area contributed by atoms with Crippen LogP contribution in [0.5, 0.6) is 0 Å². The van der Waals surface area contributed by atoms with Crippen LogP contribution in [0.15, 0.2) is 0 Å². The highest BCUT2D eigenvalue weighted by atomic mass is 35.5. The maximum Gasteiger partial charge on any atom is 0.226 e.